The van der Waals surface area contributed by atoms with Crippen molar-refractivity contribution in [3.63, 3.8) is 0 Å². The van der Waals surface area contributed by atoms with Crippen molar-refractivity contribution in [2.45, 2.75) is 49.6 Å². The molecule has 0 unspecified atom stereocenters. The zero-order valence-corrected chi connectivity index (χ0v) is 8.32. The lowest BCUT2D eigenvalue weighted by molar-refractivity contribution is 0.0425. The summed E-state index contributed by atoms with van der Waals surface area (Å²) in [5.41, 5.74) is 6.65. The lowest BCUT2D eigenvalue weighted by atomic mass is 9.62. The zero-order chi connectivity index (χ0) is 9.65. The number of rotatable bonds is 1. The number of nitrogens with two attached hydrogens (primary N) is 1. The Morgan fingerprint density at radius 1 is 1.07 bits per heavy atom. The normalized spacial score (nSPS) is 41.5. The Morgan fingerprint density at radius 2 is 1.71 bits per heavy atom. The molecule has 3 saturated carbocycles. The SMILES string of the molecule is NC12CCC(n3ccnn3)(CC1)CC2. The minimum absolute atomic E-state index is 0.141. The van der Waals surface area contributed by atoms with Gasteiger partial charge in [0.15, 0.2) is 0 Å². The molecule has 1 aromatic rings. The molecule has 0 atom stereocenters. The molecular formula is C10H16N4. The lowest BCUT2D eigenvalue weighted by Gasteiger charge is -2.51. The molecule has 14 heavy (non-hydrogen) atoms. The van der Waals surface area contributed by atoms with Crippen molar-refractivity contribution in [1.29, 1.82) is 0 Å². The van der Waals surface area contributed by atoms with Gasteiger partial charge in [0.2, 0.25) is 0 Å². The zero-order valence-electron chi connectivity index (χ0n) is 8.32. The Hall–Kier alpha value is -0.900. The molecule has 4 rings (SSSR count). The molecule has 4 heteroatoms. The van der Waals surface area contributed by atoms with Gasteiger partial charge >= 0.3 is 0 Å². The van der Waals surface area contributed by atoms with Crippen LogP contribution in [0.1, 0.15) is 38.5 Å². The van der Waals surface area contributed by atoms with Gasteiger partial charge in [-0.25, -0.2) is 4.68 Å². The first-order valence-corrected chi connectivity index (χ1v) is 5.38. The highest BCUT2D eigenvalue weighted by molar-refractivity contribution is 5.05. The van der Waals surface area contributed by atoms with Crippen LogP contribution < -0.4 is 5.73 Å². The van der Waals surface area contributed by atoms with E-state index in [1.165, 1.54) is 19.3 Å². The van der Waals surface area contributed by atoms with Crippen molar-refractivity contribution >= 4 is 0 Å². The van der Waals surface area contributed by atoms with Crippen LogP contribution in [0.4, 0.5) is 0 Å². The maximum absolute atomic E-state index is 6.26. The largest absolute Gasteiger partial charge is 0.325 e. The first-order valence-electron chi connectivity index (χ1n) is 5.38. The summed E-state index contributed by atoms with van der Waals surface area (Å²) >= 11 is 0. The number of nitrogens with zero attached hydrogens (tertiary/aromatic N) is 3. The minimum atomic E-state index is 0.141. The summed E-state index contributed by atoms with van der Waals surface area (Å²) < 4.78 is 2.06. The fourth-order valence-corrected chi connectivity index (χ4v) is 3.00. The van der Waals surface area contributed by atoms with Gasteiger partial charge in [-0.2, -0.15) is 0 Å². The average Bonchev–Trinajstić information content (AvgIpc) is 2.73. The van der Waals surface area contributed by atoms with Gasteiger partial charge < -0.3 is 5.73 Å². The van der Waals surface area contributed by atoms with Crippen LogP contribution in [0.5, 0.6) is 0 Å². The molecule has 3 aliphatic rings. The Balaban J connectivity index is 1.93. The van der Waals surface area contributed by atoms with E-state index in [2.05, 4.69) is 15.0 Å². The summed E-state index contributed by atoms with van der Waals surface area (Å²) in [6.07, 6.45) is 10.7. The number of hydrogen-bond donors (Lipinski definition) is 1. The molecule has 3 fully saturated rings. The van der Waals surface area contributed by atoms with Crippen molar-refractivity contribution in [2.75, 3.05) is 0 Å². The van der Waals surface area contributed by atoms with E-state index in [1.54, 1.807) is 6.20 Å². The molecule has 0 aromatic carbocycles. The molecule has 0 aliphatic heterocycles. The second-order valence-electron chi connectivity index (χ2n) is 4.93. The summed E-state index contributed by atoms with van der Waals surface area (Å²) in [6, 6.07) is 0. The van der Waals surface area contributed by atoms with Crippen LogP contribution in [-0.4, -0.2) is 20.5 Å². The van der Waals surface area contributed by atoms with Gasteiger partial charge in [-0.05, 0) is 38.5 Å². The average molecular weight is 192 g/mol. The van der Waals surface area contributed by atoms with E-state index in [1.807, 2.05) is 6.20 Å². The topological polar surface area (TPSA) is 56.7 Å². The highest BCUT2D eigenvalue weighted by Crippen LogP contribution is 2.49. The molecule has 0 spiro atoms. The molecule has 76 valence electrons. The molecule has 3 aliphatic carbocycles. The van der Waals surface area contributed by atoms with Crippen molar-refractivity contribution in [2.24, 2.45) is 5.73 Å². The first-order chi connectivity index (χ1) is 6.73. The minimum Gasteiger partial charge on any atom is -0.325 e. The summed E-state index contributed by atoms with van der Waals surface area (Å²) in [7, 11) is 0. The van der Waals surface area contributed by atoms with Crippen LogP contribution in [0.3, 0.4) is 0 Å². The summed E-state index contributed by atoms with van der Waals surface area (Å²) in [6.45, 7) is 0. The predicted molar refractivity (Wildman–Crippen MR) is 52.6 cm³/mol. The Labute approximate surface area is 83.5 Å². The fourth-order valence-electron chi connectivity index (χ4n) is 3.00. The second kappa shape index (κ2) is 2.57. The third-order valence-electron chi connectivity index (χ3n) is 4.17. The summed E-state index contributed by atoms with van der Waals surface area (Å²) in [4.78, 5) is 0. The van der Waals surface area contributed by atoms with Crippen LogP contribution in [0.2, 0.25) is 0 Å². The summed E-state index contributed by atoms with van der Waals surface area (Å²) in [5, 5.41) is 8.06. The van der Waals surface area contributed by atoms with Crippen molar-refractivity contribution in [3.05, 3.63) is 12.4 Å². The van der Waals surface area contributed by atoms with Gasteiger partial charge in [0.25, 0.3) is 0 Å². The molecule has 2 N–H and O–H groups in total. The van der Waals surface area contributed by atoms with Crippen LogP contribution >= 0.6 is 0 Å². The molecular weight excluding hydrogens is 176 g/mol. The molecule has 4 nitrogen and oxygen atoms in total. The van der Waals surface area contributed by atoms with E-state index in [9.17, 15) is 0 Å². The van der Waals surface area contributed by atoms with E-state index in [4.69, 9.17) is 5.73 Å². The number of fused-ring (bicyclic) bond motifs is 3. The van der Waals surface area contributed by atoms with Crippen LogP contribution in [0.25, 0.3) is 0 Å². The van der Waals surface area contributed by atoms with Gasteiger partial charge in [0.05, 0.1) is 11.7 Å². The van der Waals surface area contributed by atoms with E-state index in [0.29, 0.717) is 0 Å². The maximum Gasteiger partial charge on any atom is 0.0693 e. The van der Waals surface area contributed by atoms with Crippen molar-refractivity contribution in [3.8, 4) is 0 Å². The summed E-state index contributed by atoms with van der Waals surface area (Å²) in [5.74, 6) is 0. The third kappa shape index (κ3) is 1.03. The van der Waals surface area contributed by atoms with Crippen LogP contribution in [-0.2, 0) is 5.54 Å². The van der Waals surface area contributed by atoms with E-state index >= 15 is 0 Å². The second-order valence-corrected chi connectivity index (χ2v) is 4.93. The maximum atomic E-state index is 6.26. The third-order valence-corrected chi connectivity index (χ3v) is 4.17. The number of aromatic nitrogens is 3. The van der Waals surface area contributed by atoms with Gasteiger partial charge in [0.1, 0.15) is 0 Å². The van der Waals surface area contributed by atoms with Gasteiger partial charge in [-0.15, -0.1) is 5.10 Å². The Morgan fingerprint density at radius 3 is 2.21 bits per heavy atom. The van der Waals surface area contributed by atoms with Crippen molar-refractivity contribution in [1.82, 2.24) is 15.0 Å². The fraction of sp³-hybridized carbons (Fsp3) is 0.800. The van der Waals surface area contributed by atoms with Crippen LogP contribution in [0.15, 0.2) is 12.4 Å². The Bertz CT molecular complexity index is 305. The molecule has 2 bridgehead atoms. The highest BCUT2D eigenvalue weighted by Gasteiger charge is 2.48. The van der Waals surface area contributed by atoms with Gasteiger partial charge in [0, 0.05) is 11.7 Å². The van der Waals surface area contributed by atoms with Gasteiger partial charge in [-0.3, -0.25) is 0 Å². The predicted octanol–water partition coefficient (Wildman–Crippen LogP) is 1.04. The smallest absolute Gasteiger partial charge is 0.0693 e. The van der Waals surface area contributed by atoms with E-state index in [0.717, 1.165) is 19.3 Å². The molecule has 0 saturated heterocycles. The highest BCUT2D eigenvalue weighted by atomic mass is 15.4. The molecule has 0 radical (unpaired) electrons. The molecule has 0 amide bonds. The quantitative estimate of drug-likeness (QED) is 0.723. The lowest BCUT2D eigenvalue weighted by Crippen LogP contribution is -2.55. The first kappa shape index (κ1) is 8.41. The van der Waals surface area contributed by atoms with E-state index in [-0.39, 0.29) is 11.1 Å². The Kier molecular flexibility index (Phi) is 1.54. The van der Waals surface area contributed by atoms with Crippen molar-refractivity contribution < 1.29 is 0 Å². The molecule has 1 aromatic heterocycles. The standard InChI is InChI=1S/C10H16N4/c11-9-1-4-10(5-2-9,6-3-9)14-8-7-12-13-14/h7-8H,1-6,11H2. The monoisotopic (exact) mass is 192 g/mol. The number of hydrogen-bond acceptors (Lipinski definition) is 3. The van der Waals surface area contributed by atoms with E-state index < -0.39 is 0 Å². The van der Waals surface area contributed by atoms with Crippen LogP contribution in [0, 0.1) is 0 Å². The van der Waals surface area contributed by atoms with Gasteiger partial charge in [-0.1, -0.05) is 5.21 Å². The molecule has 1 heterocycles.